The van der Waals surface area contributed by atoms with Crippen LogP contribution >= 0.6 is 0 Å². The van der Waals surface area contributed by atoms with Gasteiger partial charge in [0.2, 0.25) is 0 Å². The smallest absolute Gasteiger partial charge is 0.329 e. The molecule has 0 spiro atoms. The Balaban J connectivity index is 1.87. The topological polar surface area (TPSA) is 79.8 Å². The van der Waals surface area contributed by atoms with E-state index in [4.69, 9.17) is 4.74 Å². The highest BCUT2D eigenvalue weighted by atomic mass is 16.5. The Morgan fingerprint density at radius 1 is 1.00 bits per heavy atom. The summed E-state index contributed by atoms with van der Waals surface area (Å²) in [4.78, 5) is 23.7. The van der Waals surface area contributed by atoms with Crippen LogP contribution in [0.15, 0.2) is 47.6 Å². The number of hydrogen-bond donors (Lipinski definition) is 2. The van der Waals surface area contributed by atoms with Crippen LogP contribution in [0.2, 0.25) is 0 Å². The van der Waals surface area contributed by atoms with Crippen molar-refractivity contribution in [1.82, 2.24) is 5.43 Å². The van der Waals surface area contributed by atoms with Crippen molar-refractivity contribution in [3.8, 4) is 5.75 Å². The van der Waals surface area contributed by atoms with Crippen molar-refractivity contribution in [2.24, 2.45) is 5.10 Å². The third-order valence-electron chi connectivity index (χ3n) is 3.60. The first-order chi connectivity index (χ1) is 12.3. The van der Waals surface area contributed by atoms with Crippen molar-refractivity contribution >= 4 is 23.7 Å². The molecular formula is C20H23N3O3. The Bertz CT molecular complexity index is 812. The maximum Gasteiger partial charge on any atom is 0.329 e. The lowest BCUT2D eigenvalue weighted by Gasteiger charge is -2.09. The van der Waals surface area contributed by atoms with E-state index in [9.17, 15) is 9.59 Å². The third-order valence-corrected chi connectivity index (χ3v) is 3.60. The largest absolute Gasteiger partial charge is 0.491 e. The van der Waals surface area contributed by atoms with Crippen molar-refractivity contribution in [1.29, 1.82) is 0 Å². The average Bonchev–Trinajstić information content (AvgIpc) is 2.59. The maximum atomic E-state index is 11.9. The van der Waals surface area contributed by atoms with Crippen molar-refractivity contribution in [2.45, 2.75) is 33.8 Å². The fraction of sp³-hybridized carbons (Fsp3) is 0.250. The molecule has 6 heteroatoms. The van der Waals surface area contributed by atoms with E-state index in [1.165, 1.54) is 6.21 Å². The minimum absolute atomic E-state index is 0.102. The fourth-order valence-corrected chi connectivity index (χ4v) is 2.13. The van der Waals surface area contributed by atoms with Gasteiger partial charge in [0.25, 0.3) is 0 Å². The predicted molar refractivity (Wildman–Crippen MR) is 102 cm³/mol. The molecule has 0 saturated carbocycles. The zero-order valence-corrected chi connectivity index (χ0v) is 15.4. The Morgan fingerprint density at radius 3 is 2.31 bits per heavy atom. The van der Waals surface area contributed by atoms with Crippen molar-refractivity contribution < 1.29 is 14.3 Å². The standard InChI is InChI=1S/C20H23N3O3/c1-13(2)26-18-9-6-16(7-10-18)12-21-23-20(25)19(24)22-17-8-5-14(3)15(4)11-17/h5-13H,1-4H3,(H,22,24)(H,23,25)/b21-12-. The summed E-state index contributed by atoms with van der Waals surface area (Å²) in [5.74, 6) is -0.848. The van der Waals surface area contributed by atoms with Gasteiger partial charge in [-0.05, 0) is 80.8 Å². The van der Waals surface area contributed by atoms with Crippen LogP contribution in [0.1, 0.15) is 30.5 Å². The highest BCUT2D eigenvalue weighted by Crippen LogP contribution is 2.14. The molecule has 6 nitrogen and oxygen atoms in total. The van der Waals surface area contributed by atoms with E-state index in [-0.39, 0.29) is 6.10 Å². The van der Waals surface area contributed by atoms with Gasteiger partial charge in [-0.1, -0.05) is 6.07 Å². The summed E-state index contributed by atoms with van der Waals surface area (Å²) in [6, 6.07) is 12.7. The quantitative estimate of drug-likeness (QED) is 0.492. The summed E-state index contributed by atoms with van der Waals surface area (Å²) in [5.41, 5.74) is 5.70. The molecule has 0 saturated heterocycles. The predicted octanol–water partition coefficient (Wildman–Crippen LogP) is 3.18. The SMILES string of the molecule is Cc1ccc(NC(=O)C(=O)N/N=C\c2ccc(OC(C)C)cc2)cc1C. The molecule has 2 rings (SSSR count). The van der Waals surface area contributed by atoms with Gasteiger partial charge in [-0.2, -0.15) is 5.10 Å². The normalized spacial score (nSPS) is 10.8. The van der Waals surface area contributed by atoms with Gasteiger partial charge in [0, 0.05) is 5.69 Å². The molecular weight excluding hydrogens is 330 g/mol. The minimum atomic E-state index is -0.834. The van der Waals surface area contributed by atoms with Crippen LogP contribution in [-0.4, -0.2) is 24.1 Å². The molecule has 136 valence electrons. The number of ether oxygens (including phenoxy) is 1. The lowest BCUT2D eigenvalue weighted by molar-refractivity contribution is -0.136. The molecule has 2 aromatic carbocycles. The van der Waals surface area contributed by atoms with E-state index < -0.39 is 11.8 Å². The zero-order chi connectivity index (χ0) is 19.1. The Morgan fingerprint density at radius 2 is 1.69 bits per heavy atom. The molecule has 0 aliphatic heterocycles. The molecule has 0 aromatic heterocycles. The highest BCUT2D eigenvalue weighted by Gasteiger charge is 2.13. The molecule has 2 N–H and O–H groups in total. The van der Waals surface area contributed by atoms with Crippen LogP contribution in [0.25, 0.3) is 0 Å². The van der Waals surface area contributed by atoms with Crippen molar-refractivity contribution in [3.05, 3.63) is 59.2 Å². The highest BCUT2D eigenvalue weighted by molar-refractivity contribution is 6.39. The number of hydrogen-bond acceptors (Lipinski definition) is 4. The van der Waals surface area contributed by atoms with Crippen LogP contribution in [0.4, 0.5) is 5.69 Å². The molecule has 0 bridgehead atoms. The van der Waals surface area contributed by atoms with Gasteiger partial charge in [-0.15, -0.1) is 0 Å². The summed E-state index contributed by atoms with van der Waals surface area (Å²) in [6.45, 7) is 7.82. The van der Waals surface area contributed by atoms with Crippen LogP contribution in [-0.2, 0) is 9.59 Å². The Kier molecular flexibility index (Phi) is 6.49. The van der Waals surface area contributed by atoms with Crippen LogP contribution < -0.4 is 15.5 Å². The number of nitrogens with one attached hydrogen (secondary N) is 2. The molecule has 0 radical (unpaired) electrons. The molecule has 0 aliphatic carbocycles. The molecule has 0 unspecified atom stereocenters. The minimum Gasteiger partial charge on any atom is -0.491 e. The second-order valence-electron chi connectivity index (χ2n) is 6.19. The number of anilines is 1. The average molecular weight is 353 g/mol. The summed E-state index contributed by atoms with van der Waals surface area (Å²) in [5, 5.41) is 6.34. The molecule has 2 aromatic rings. The van der Waals surface area contributed by atoms with Gasteiger partial charge in [0.15, 0.2) is 0 Å². The van der Waals surface area contributed by atoms with Gasteiger partial charge < -0.3 is 10.1 Å². The van der Waals surface area contributed by atoms with E-state index in [1.54, 1.807) is 6.07 Å². The first kappa shape index (κ1) is 19.2. The van der Waals surface area contributed by atoms with E-state index in [2.05, 4.69) is 15.8 Å². The molecule has 2 amide bonds. The lowest BCUT2D eigenvalue weighted by Crippen LogP contribution is -2.32. The molecule has 0 fully saturated rings. The molecule has 0 heterocycles. The summed E-state index contributed by atoms with van der Waals surface area (Å²) < 4.78 is 5.55. The van der Waals surface area contributed by atoms with Crippen LogP contribution in [0.5, 0.6) is 5.75 Å². The second kappa shape index (κ2) is 8.80. The number of nitrogens with zero attached hydrogens (tertiary/aromatic N) is 1. The maximum absolute atomic E-state index is 11.9. The first-order valence-electron chi connectivity index (χ1n) is 8.33. The number of rotatable bonds is 5. The van der Waals surface area contributed by atoms with Crippen molar-refractivity contribution in [3.63, 3.8) is 0 Å². The van der Waals surface area contributed by atoms with Crippen LogP contribution in [0.3, 0.4) is 0 Å². The fourth-order valence-electron chi connectivity index (χ4n) is 2.13. The third kappa shape index (κ3) is 5.73. The Hall–Kier alpha value is -3.15. The number of amides is 2. The summed E-state index contributed by atoms with van der Waals surface area (Å²) in [6.07, 6.45) is 1.56. The van der Waals surface area contributed by atoms with Gasteiger partial charge in [-0.25, -0.2) is 5.43 Å². The summed E-state index contributed by atoms with van der Waals surface area (Å²) in [7, 11) is 0. The second-order valence-corrected chi connectivity index (χ2v) is 6.19. The number of carbonyl (C=O) groups excluding carboxylic acids is 2. The van der Waals surface area contributed by atoms with E-state index >= 15 is 0 Å². The van der Waals surface area contributed by atoms with E-state index in [0.29, 0.717) is 5.69 Å². The summed E-state index contributed by atoms with van der Waals surface area (Å²) >= 11 is 0. The monoisotopic (exact) mass is 353 g/mol. The van der Waals surface area contributed by atoms with Gasteiger partial charge in [-0.3, -0.25) is 9.59 Å². The van der Waals surface area contributed by atoms with Crippen LogP contribution in [0, 0.1) is 13.8 Å². The molecule has 0 atom stereocenters. The number of carbonyl (C=O) groups is 2. The van der Waals surface area contributed by atoms with Gasteiger partial charge in [0.05, 0.1) is 12.3 Å². The van der Waals surface area contributed by atoms with Gasteiger partial charge >= 0.3 is 11.8 Å². The van der Waals surface area contributed by atoms with E-state index in [0.717, 1.165) is 22.4 Å². The number of hydrazone groups is 1. The number of aryl methyl sites for hydroxylation is 2. The Labute approximate surface area is 153 Å². The molecule has 0 aliphatic rings. The lowest BCUT2D eigenvalue weighted by atomic mass is 10.1. The zero-order valence-electron chi connectivity index (χ0n) is 15.4. The number of benzene rings is 2. The molecule has 26 heavy (non-hydrogen) atoms. The van der Waals surface area contributed by atoms with Gasteiger partial charge in [0.1, 0.15) is 5.75 Å². The van der Waals surface area contributed by atoms with E-state index in [1.807, 2.05) is 64.1 Å². The first-order valence-corrected chi connectivity index (χ1v) is 8.33. The van der Waals surface area contributed by atoms with Crippen molar-refractivity contribution in [2.75, 3.05) is 5.32 Å².